The van der Waals surface area contributed by atoms with Gasteiger partial charge < -0.3 is 10.0 Å². The van der Waals surface area contributed by atoms with Gasteiger partial charge in [0, 0.05) is 18.8 Å². The van der Waals surface area contributed by atoms with E-state index in [1.807, 2.05) is 24.3 Å². The van der Waals surface area contributed by atoms with Crippen molar-refractivity contribution in [3.05, 3.63) is 65.2 Å². The molecule has 104 valence electrons. The summed E-state index contributed by atoms with van der Waals surface area (Å²) < 4.78 is 0. The lowest BCUT2D eigenvalue weighted by atomic mass is 10.1. The molecular formula is C17H19NO2. The van der Waals surface area contributed by atoms with Gasteiger partial charge in [-0.1, -0.05) is 30.3 Å². The monoisotopic (exact) mass is 269 g/mol. The van der Waals surface area contributed by atoms with Crippen LogP contribution in [0.5, 0.6) is 0 Å². The minimum atomic E-state index is -0.886. The van der Waals surface area contributed by atoms with Gasteiger partial charge in [-0.25, -0.2) is 4.79 Å². The summed E-state index contributed by atoms with van der Waals surface area (Å²) in [4.78, 5) is 13.1. The van der Waals surface area contributed by atoms with Crippen LogP contribution in [0.25, 0.3) is 0 Å². The summed E-state index contributed by atoms with van der Waals surface area (Å²) in [5.74, 6) is -0.886. The van der Waals surface area contributed by atoms with E-state index in [9.17, 15) is 4.79 Å². The molecule has 0 aromatic heterocycles. The molecule has 3 nitrogen and oxygen atoms in total. The molecule has 2 aromatic rings. The van der Waals surface area contributed by atoms with Crippen LogP contribution in [0.2, 0.25) is 0 Å². The molecule has 0 heterocycles. The second-order valence-electron chi connectivity index (χ2n) is 4.80. The SMILES string of the molecule is CCN(Cc1ccc(C(=O)O)cc1)c1ccccc1C. The molecular weight excluding hydrogens is 250 g/mol. The van der Waals surface area contributed by atoms with Crippen molar-refractivity contribution < 1.29 is 9.90 Å². The zero-order valence-corrected chi connectivity index (χ0v) is 11.8. The first-order valence-corrected chi connectivity index (χ1v) is 6.74. The molecule has 0 radical (unpaired) electrons. The van der Waals surface area contributed by atoms with Crippen molar-refractivity contribution in [3.8, 4) is 0 Å². The zero-order valence-electron chi connectivity index (χ0n) is 11.8. The van der Waals surface area contributed by atoms with E-state index in [2.05, 4.69) is 30.9 Å². The Hall–Kier alpha value is -2.29. The zero-order chi connectivity index (χ0) is 14.5. The molecule has 0 atom stereocenters. The highest BCUT2D eigenvalue weighted by molar-refractivity contribution is 5.87. The molecule has 0 aliphatic carbocycles. The molecule has 2 aromatic carbocycles. The Labute approximate surface area is 119 Å². The molecule has 3 heteroatoms. The number of carbonyl (C=O) groups is 1. The minimum Gasteiger partial charge on any atom is -0.478 e. The van der Waals surface area contributed by atoms with E-state index < -0.39 is 5.97 Å². The first-order chi connectivity index (χ1) is 9.61. The maximum absolute atomic E-state index is 10.8. The van der Waals surface area contributed by atoms with E-state index in [4.69, 9.17) is 5.11 Å². The highest BCUT2D eigenvalue weighted by Crippen LogP contribution is 2.21. The van der Waals surface area contributed by atoms with Crippen LogP contribution in [0.4, 0.5) is 5.69 Å². The summed E-state index contributed by atoms with van der Waals surface area (Å²) in [5.41, 5.74) is 3.90. The predicted molar refractivity (Wildman–Crippen MR) is 81.3 cm³/mol. The second kappa shape index (κ2) is 6.24. The van der Waals surface area contributed by atoms with Crippen LogP contribution in [0.15, 0.2) is 48.5 Å². The van der Waals surface area contributed by atoms with Gasteiger partial charge in [0.2, 0.25) is 0 Å². The van der Waals surface area contributed by atoms with Gasteiger partial charge in [0.15, 0.2) is 0 Å². The summed E-state index contributed by atoms with van der Waals surface area (Å²) in [6.07, 6.45) is 0. The van der Waals surface area contributed by atoms with Gasteiger partial charge in [0.1, 0.15) is 0 Å². The highest BCUT2D eigenvalue weighted by Gasteiger charge is 2.08. The van der Waals surface area contributed by atoms with Crippen LogP contribution in [0.3, 0.4) is 0 Å². The number of hydrogen-bond acceptors (Lipinski definition) is 2. The Kier molecular flexibility index (Phi) is 4.41. The fourth-order valence-electron chi connectivity index (χ4n) is 2.26. The summed E-state index contributed by atoms with van der Waals surface area (Å²) >= 11 is 0. The van der Waals surface area contributed by atoms with Crippen molar-refractivity contribution in [2.24, 2.45) is 0 Å². The number of aromatic carboxylic acids is 1. The number of carboxylic acid groups (broad SMARTS) is 1. The van der Waals surface area contributed by atoms with E-state index in [1.54, 1.807) is 12.1 Å². The molecule has 0 amide bonds. The Morgan fingerprint density at radius 1 is 1.10 bits per heavy atom. The number of hydrogen-bond donors (Lipinski definition) is 1. The third-order valence-corrected chi connectivity index (χ3v) is 3.41. The lowest BCUT2D eigenvalue weighted by molar-refractivity contribution is 0.0697. The van der Waals surface area contributed by atoms with Crippen LogP contribution in [-0.4, -0.2) is 17.6 Å². The number of carboxylic acids is 1. The molecule has 0 saturated heterocycles. The quantitative estimate of drug-likeness (QED) is 0.899. The lowest BCUT2D eigenvalue weighted by Crippen LogP contribution is -2.22. The number of rotatable bonds is 5. The number of anilines is 1. The van der Waals surface area contributed by atoms with E-state index in [0.717, 1.165) is 18.7 Å². The smallest absolute Gasteiger partial charge is 0.335 e. The standard InChI is InChI=1S/C17H19NO2/c1-3-18(16-7-5-4-6-13(16)2)12-14-8-10-15(11-9-14)17(19)20/h4-11H,3,12H2,1-2H3,(H,19,20). The van der Waals surface area contributed by atoms with E-state index in [1.165, 1.54) is 11.3 Å². The van der Waals surface area contributed by atoms with Crippen molar-refractivity contribution >= 4 is 11.7 Å². The summed E-state index contributed by atoms with van der Waals surface area (Å²) in [5, 5.41) is 8.91. The average Bonchev–Trinajstić information content (AvgIpc) is 2.46. The molecule has 1 N–H and O–H groups in total. The molecule has 20 heavy (non-hydrogen) atoms. The Bertz CT molecular complexity index is 590. The van der Waals surface area contributed by atoms with Crippen LogP contribution < -0.4 is 4.90 Å². The van der Waals surface area contributed by atoms with Crippen molar-refractivity contribution in [1.82, 2.24) is 0 Å². The summed E-state index contributed by atoms with van der Waals surface area (Å²) in [6, 6.07) is 15.4. The van der Waals surface area contributed by atoms with Gasteiger partial charge in [-0.3, -0.25) is 0 Å². The Balaban J connectivity index is 2.18. The molecule has 0 fully saturated rings. The Morgan fingerprint density at radius 2 is 1.75 bits per heavy atom. The van der Waals surface area contributed by atoms with Gasteiger partial charge in [0.25, 0.3) is 0 Å². The molecule has 0 saturated carbocycles. The van der Waals surface area contributed by atoms with Gasteiger partial charge in [-0.15, -0.1) is 0 Å². The topological polar surface area (TPSA) is 40.5 Å². The van der Waals surface area contributed by atoms with Crippen molar-refractivity contribution in [2.75, 3.05) is 11.4 Å². The number of benzene rings is 2. The second-order valence-corrected chi connectivity index (χ2v) is 4.80. The number of nitrogens with zero attached hydrogens (tertiary/aromatic N) is 1. The van der Waals surface area contributed by atoms with Gasteiger partial charge >= 0.3 is 5.97 Å². The number of aryl methyl sites for hydroxylation is 1. The third kappa shape index (κ3) is 3.18. The molecule has 2 rings (SSSR count). The van der Waals surface area contributed by atoms with Gasteiger partial charge in [-0.05, 0) is 43.2 Å². The van der Waals surface area contributed by atoms with Crippen LogP contribution in [0.1, 0.15) is 28.4 Å². The van der Waals surface area contributed by atoms with Gasteiger partial charge in [-0.2, -0.15) is 0 Å². The average molecular weight is 269 g/mol. The first-order valence-electron chi connectivity index (χ1n) is 6.74. The van der Waals surface area contributed by atoms with E-state index >= 15 is 0 Å². The minimum absolute atomic E-state index is 0.327. The maximum atomic E-state index is 10.8. The van der Waals surface area contributed by atoms with Crippen molar-refractivity contribution in [2.45, 2.75) is 20.4 Å². The van der Waals surface area contributed by atoms with Crippen molar-refractivity contribution in [3.63, 3.8) is 0 Å². The Morgan fingerprint density at radius 3 is 2.30 bits per heavy atom. The fraction of sp³-hybridized carbons (Fsp3) is 0.235. The lowest BCUT2D eigenvalue weighted by Gasteiger charge is -2.25. The molecule has 0 spiro atoms. The third-order valence-electron chi connectivity index (χ3n) is 3.41. The fourth-order valence-corrected chi connectivity index (χ4v) is 2.26. The largest absolute Gasteiger partial charge is 0.478 e. The first kappa shape index (κ1) is 14.1. The molecule has 0 unspecified atom stereocenters. The van der Waals surface area contributed by atoms with Crippen LogP contribution >= 0.6 is 0 Å². The molecule has 0 aliphatic rings. The predicted octanol–water partition coefficient (Wildman–Crippen LogP) is 3.72. The molecule has 0 aliphatic heterocycles. The summed E-state index contributed by atoms with van der Waals surface area (Å²) in [7, 11) is 0. The van der Waals surface area contributed by atoms with Gasteiger partial charge in [0.05, 0.1) is 5.56 Å². The normalized spacial score (nSPS) is 10.3. The van der Waals surface area contributed by atoms with E-state index in [0.29, 0.717) is 5.56 Å². The number of para-hydroxylation sites is 1. The maximum Gasteiger partial charge on any atom is 0.335 e. The van der Waals surface area contributed by atoms with Crippen LogP contribution in [0, 0.1) is 6.92 Å². The molecule has 0 bridgehead atoms. The summed E-state index contributed by atoms with van der Waals surface area (Å²) in [6.45, 7) is 5.91. The highest BCUT2D eigenvalue weighted by atomic mass is 16.4. The van der Waals surface area contributed by atoms with Crippen LogP contribution in [-0.2, 0) is 6.54 Å². The van der Waals surface area contributed by atoms with E-state index in [-0.39, 0.29) is 0 Å². The van der Waals surface area contributed by atoms with Crippen molar-refractivity contribution in [1.29, 1.82) is 0 Å².